The number of benzene rings is 2. The molecule has 0 radical (unpaired) electrons. The molecule has 0 atom stereocenters. The summed E-state index contributed by atoms with van der Waals surface area (Å²) in [4.78, 5) is 16.5. The fourth-order valence-electron chi connectivity index (χ4n) is 2.04. The number of anilines is 2. The van der Waals surface area contributed by atoms with Crippen LogP contribution in [0.2, 0.25) is 5.02 Å². The van der Waals surface area contributed by atoms with Crippen molar-refractivity contribution in [3.8, 4) is 5.75 Å². The van der Waals surface area contributed by atoms with Gasteiger partial charge in [-0.3, -0.25) is 5.32 Å². The number of nitrogens with one attached hydrogen (secondary N) is 2. The standard InChI is InChI=1S/C16H14ClN3O2S/c1-2-22-12-4-3-5-13-14(12)19-16(23-13)20-15(21)18-11-8-6-10(17)7-9-11/h3-9H,2H2,1H3,(H2,18,19,20,21). The van der Waals surface area contributed by atoms with E-state index < -0.39 is 0 Å². The van der Waals surface area contributed by atoms with Gasteiger partial charge in [0, 0.05) is 10.7 Å². The average molecular weight is 348 g/mol. The number of nitrogens with zero attached hydrogens (tertiary/aromatic N) is 1. The Kier molecular flexibility index (Phi) is 4.64. The summed E-state index contributed by atoms with van der Waals surface area (Å²) in [6, 6.07) is 12.2. The molecule has 0 fully saturated rings. The largest absolute Gasteiger partial charge is 0.492 e. The first-order valence-corrected chi connectivity index (χ1v) is 8.21. The molecule has 0 aliphatic carbocycles. The lowest BCUT2D eigenvalue weighted by Crippen LogP contribution is -2.19. The number of hydrogen-bond donors (Lipinski definition) is 2. The third kappa shape index (κ3) is 3.72. The molecule has 0 aliphatic rings. The number of hydrogen-bond acceptors (Lipinski definition) is 4. The molecule has 3 rings (SSSR count). The quantitative estimate of drug-likeness (QED) is 0.698. The van der Waals surface area contributed by atoms with Crippen molar-refractivity contribution in [2.45, 2.75) is 6.92 Å². The fraction of sp³-hybridized carbons (Fsp3) is 0.125. The Morgan fingerprint density at radius 2 is 2.00 bits per heavy atom. The highest BCUT2D eigenvalue weighted by Gasteiger charge is 2.11. The number of urea groups is 1. The van der Waals surface area contributed by atoms with Gasteiger partial charge < -0.3 is 10.1 Å². The molecule has 0 bridgehead atoms. The minimum Gasteiger partial charge on any atom is -0.492 e. The second-order valence-corrected chi connectivity index (χ2v) is 6.11. The van der Waals surface area contributed by atoms with E-state index in [1.54, 1.807) is 24.3 Å². The first-order valence-electron chi connectivity index (χ1n) is 7.01. The molecule has 3 aromatic rings. The van der Waals surface area contributed by atoms with E-state index in [1.807, 2.05) is 25.1 Å². The molecule has 2 amide bonds. The Morgan fingerprint density at radius 3 is 2.74 bits per heavy atom. The monoisotopic (exact) mass is 347 g/mol. The molecule has 2 N–H and O–H groups in total. The van der Waals surface area contributed by atoms with Crippen LogP contribution in [0.3, 0.4) is 0 Å². The van der Waals surface area contributed by atoms with Crippen molar-refractivity contribution < 1.29 is 9.53 Å². The van der Waals surface area contributed by atoms with Crippen molar-refractivity contribution in [3.05, 3.63) is 47.5 Å². The van der Waals surface area contributed by atoms with Gasteiger partial charge in [0.05, 0.1) is 11.3 Å². The number of carbonyl (C=O) groups excluding carboxylic acids is 1. The van der Waals surface area contributed by atoms with Crippen molar-refractivity contribution >= 4 is 50.0 Å². The smallest absolute Gasteiger partial charge is 0.325 e. The molecule has 0 spiro atoms. The molecule has 0 saturated heterocycles. The van der Waals surface area contributed by atoms with Crippen LogP contribution in [0.1, 0.15) is 6.92 Å². The van der Waals surface area contributed by atoms with E-state index in [-0.39, 0.29) is 6.03 Å². The van der Waals surface area contributed by atoms with Crippen molar-refractivity contribution in [2.24, 2.45) is 0 Å². The second kappa shape index (κ2) is 6.85. The SMILES string of the molecule is CCOc1cccc2sc(NC(=O)Nc3ccc(Cl)cc3)nc12. The van der Waals surface area contributed by atoms with Crippen molar-refractivity contribution in [1.82, 2.24) is 4.98 Å². The normalized spacial score (nSPS) is 10.5. The number of halogens is 1. The van der Waals surface area contributed by atoms with Crippen LogP contribution < -0.4 is 15.4 Å². The van der Waals surface area contributed by atoms with Crippen LogP contribution in [-0.4, -0.2) is 17.6 Å². The van der Waals surface area contributed by atoms with Gasteiger partial charge in [0.15, 0.2) is 5.13 Å². The van der Waals surface area contributed by atoms with E-state index in [0.717, 1.165) is 10.2 Å². The number of carbonyl (C=O) groups is 1. The molecule has 0 aliphatic heterocycles. The maximum Gasteiger partial charge on any atom is 0.325 e. The van der Waals surface area contributed by atoms with Crippen LogP contribution in [0.15, 0.2) is 42.5 Å². The van der Waals surface area contributed by atoms with Crippen LogP contribution in [0.4, 0.5) is 15.6 Å². The zero-order valence-electron chi connectivity index (χ0n) is 12.3. The van der Waals surface area contributed by atoms with Gasteiger partial charge in [-0.05, 0) is 43.3 Å². The molecule has 23 heavy (non-hydrogen) atoms. The molecule has 1 aromatic heterocycles. The Bertz CT molecular complexity index is 833. The summed E-state index contributed by atoms with van der Waals surface area (Å²) in [5.41, 5.74) is 1.41. The van der Waals surface area contributed by atoms with Crippen LogP contribution in [0, 0.1) is 0 Å². The summed E-state index contributed by atoms with van der Waals surface area (Å²) in [6.07, 6.45) is 0. The third-order valence-electron chi connectivity index (χ3n) is 3.00. The fourth-order valence-corrected chi connectivity index (χ4v) is 3.05. The van der Waals surface area contributed by atoms with Gasteiger partial charge in [-0.1, -0.05) is 29.0 Å². The van der Waals surface area contributed by atoms with E-state index in [4.69, 9.17) is 16.3 Å². The summed E-state index contributed by atoms with van der Waals surface area (Å²) in [5.74, 6) is 0.715. The number of rotatable bonds is 4. The predicted octanol–water partition coefficient (Wildman–Crippen LogP) is 4.99. The van der Waals surface area contributed by atoms with Crippen LogP contribution >= 0.6 is 22.9 Å². The van der Waals surface area contributed by atoms with Crippen LogP contribution in [0.25, 0.3) is 10.2 Å². The predicted molar refractivity (Wildman–Crippen MR) is 94.9 cm³/mol. The Morgan fingerprint density at radius 1 is 1.22 bits per heavy atom. The van der Waals surface area contributed by atoms with E-state index in [9.17, 15) is 4.79 Å². The van der Waals surface area contributed by atoms with Gasteiger partial charge in [-0.25, -0.2) is 9.78 Å². The highest BCUT2D eigenvalue weighted by atomic mass is 35.5. The van der Waals surface area contributed by atoms with Gasteiger partial charge >= 0.3 is 6.03 Å². The second-order valence-electron chi connectivity index (χ2n) is 4.64. The minimum absolute atomic E-state index is 0.357. The third-order valence-corrected chi connectivity index (χ3v) is 4.19. The van der Waals surface area contributed by atoms with Crippen molar-refractivity contribution in [3.63, 3.8) is 0 Å². The summed E-state index contributed by atoms with van der Waals surface area (Å²) in [6.45, 7) is 2.49. The van der Waals surface area contributed by atoms with Crippen molar-refractivity contribution in [2.75, 3.05) is 17.2 Å². The van der Waals surface area contributed by atoms with Gasteiger partial charge in [-0.2, -0.15) is 0 Å². The van der Waals surface area contributed by atoms with Crippen LogP contribution in [0.5, 0.6) is 5.75 Å². The van der Waals surface area contributed by atoms with Gasteiger partial charge in [0.1, 0.15) is 11.3 Å². The lowest BCUT2D eigenvalue weighted by molar-refractivity contribution is 0.262. The molecule has 0 unspecified atom stereocenters. The topological polar surface area (TPSA) is 63.2 Å². The molecule has 2 aromatic carbocycles. The summed E-state index contributed by atoms with van der Waals surface area (Å²) in [5, 5.41) is 6.59. The number of thiazole rings is 1. The van der Waals surface area contributed by atoms with Gasteiger partial charge in [0.2, 0.25) is 0 Å². The maximum atomic E-state index is 12.0. The molecule has 118 valence electrons. The number of aromatic nitrogens is 1. The highest BCUT2D eigenvalue weighted by molar-refractivity contribution is 7.22. The van der Waals surface area contributed by atoms with Gasteiger partial charge in [-0.15, -0.1) is 0 Å². The maximum absolute atomic E-state index is 12.0. The first-order chi connectivity index (χ1) is 11.2. The minimum atomic E-state index is -0.357. The molecule has 7 heteroatoms. The molecular weight excluding hydrogens is 334 g/mol. The number of para-hydroxylation sites is 1. The zero-order chi connectivity index (χ0) is 16.2. The average Bonchev–Trinajstić information content (AvgIpc) is 2.93. The van der Waals surface area contributed by atoms with E-state index in [1.165, 1.54) is 11.3 Å². The molecule has 5 nitrogen and oxygen atoms in total. The highest BCUT2D eigenvalue weighted by Crippen LogP contribution is 2.32. The van der Waals surface area contributed by atoms with E-state index >= 15 is 0 Å². The molecule has 1 heterocycles. The van der Waals surface area contributed by atoms with Crippen molar-refractivity contribution in [1.29, 1.82) is 0 Å². The molecule has 0 saturated carbocycles. The number of fused-ring (bicyclic) bond motifs is 1. The lowest BCUT2D eigenvalue weighted by Gasteiger charge is -2.05. The van der Waals surface area contributed by atoms with E-state index in [0.29, 0.717) is 28.2 Å². The molecular formula is C16H14ClN3O2S. The lowest BCUT2D eigenvalue weighted by atomic mass is 10.3. The van der Waals surface area contributed by atoms with Gasteiger partial charge in [0.25, 0.3) is 0 Å². The number of amides is 2. The summed E-state index contributed by atoms with van der Waals surface area (Å²) >= 11 is 7.21. The van der Waals surface area contributed by atoms with E-state index in [2.05, 4.69) is 15.6 Å². The first kappa shape index (κ1) is 15.6. The number of ether oxygens (including phenoxy) is 1. The summed E-state index contributed by atoms with van der Waals surface area (Å²) < 4.78 is 6.50. The zero-order valence-corrected chi connectivity index (χ0v) is 13.9. The Labute approximate surface area is 142 Å². The Balaban J connectivity index is 1.74. The van der Waals surface area contributed by atoms with Crippen LogP contribution in [-0.2, 0) is 0 Å². The Hall–Kier alpha value is -2.31. The summed E-state index contributed by atoms with van der Waals surface area (Å²) in [7, 11) is 0.